The lowest BCUT2D eigenvalue weighted by Gasteiger charge is -2.32. The second-order valence-electron chi connectivity index (χ2n) is 9.37. The van der Waals surface area contributed by atoms with Crippen LogP contribution in [0, 0.1) is 5.92 Å². The number of carbonyl (C=O) groups excluding carboxylic acids is 1. The number of nitrogens with zero attached hydrogens (tertiary/aromatic N) is 2. The smallest absolute Gasteiger partial charge is 0.321 e. The van der Waals surface area contributed by atoms with Gasteiger partial charge in [0.25, 0.3) is 0 Å². The van der Waals surface area contributed by atoms with Crippen molar-refractivity contribution in [2.24, 2.45) is 5.92 Å². The third-order valence-corrected chi connectivity index (χ3v) is 7.69. The van der Waals surface area contributed by atoms with Crippen molar-refractivity contribution < 1.29 is 9.53 Å². The highest BCUT2D eigenvalue weighted by molar-refractivity contribution is 6.30. The molecule has 3 aliphatic rings. The van der Waals surface area contributed by atoms with Crippen LogP contribution in [0.25, 0.3) is 0 Å². The molecule has 2 amide bonds. The molecular weight excluding hydrogens is 422 g/mol. The minimum atomic E-state index is -0.0273. The molecule has 0 spiro atoms. The number of piperidine rings is 1. The SMILES string of the molecule is O=C(Nc1ccc(OCC2CCN3CCCC23)cc1)N1CCC(c2ccc(Cl)cc2)CC1. The van der Waals surface area contributed by atoms with Crippen LogP contribution in [0.3, 0.4) is 0 Å². The van der Waals surface area contributed by atoms with Crippen molar-refractivity contribution in [3.05, 3.63) is 59.1 Å². The average molecular weight is 454 g/mol. The number of amides is 2. The lowest BCUT2D eigenvalue weighted by molar-refractivity contribution is 0.194. The van der Waals surface area contributed by atoms with Gasteiger partial charge in [-0.15, -0.1) is 0 Å². The molecule has 3 saturated heterocycles. The number of fused-ring (bicyclic) bond motifs is 1. The number of carbonyl (C=O) groups is 1. The molecule has 2 unspecified atom stereocenters. The Bertz CT molecular complexity index is 910. The van der Waals surface area contributed by atoms with Crippen molar-refractivity contribution in [3.63, 3.8) is 0 Å². The number of anilines is 1. The van der Waals surface area contributed by atoms with Gasteiger partial charge in [0.05, 0.1) is 6.61 Å². The Morgan fingerprint density at radius 3 is 2.44 bits per heavy atom. The fraction of sp³-hybridized carbons (Fsp3) is 0.500. The van der Waals surface area contributed by atoms with E-state index in [0.717, 1.165) is 55.0 Å². The van der Waals surface area contributed by atoms with Gasteiger partial charge in [0.2, 0.25) is 0 Å². The van der Waals surface area contributed by atoms with Crippen molar-refractivity contribution in [3.8, 4) is 5.75 Å². The van der Waals surface area contributed by atoms with Crippen molar-refractivity contribution in [2.75, 3.05) is 38.1 Å². The van der Waals surface area contributed by atoms with Gasteiger partial charge >= 0.3 is 6.03 Å². The van der Waals surface area contributed by atoms with Gasteiger partial charge in [-0.25, -0.2) is 4.79 Å². The summed E-state index contributed by atoms with van der Waals surface area (Å²) in [5.41, 5.74) is 2.12. The highest BCUT2D eigenvalue weighted by Crippen LogP contribution is 2.33. The summed E-state index contributed by atoms with van der Waals surface area (Å²) in [7, 11) is 0. The van der Waals surface area contributed by atoms with Crippen LogP contribution in [0.2, 0.25) is 5.02 Å². The number of ether oxygens (including phenoxy) is 1. The number of likely N-dealkylation sites (tertiary alicyclic amines) is 1. The molecule has 6 heteroatoms. The molecule has 32 heavy (non-hydrogen) atoms. The monoisotopic (exact) mass is 453 g/mol. The number of benzene rings is 2. The molecule has 2 atom stereocenters. The summed E-state index contributed by atoms with van der Waals surface area (Å²) in [5, 5.41) is 3.80. The van der Waals surface area contributed by atoms with Gasteiger partial charge in [-0.2, -0.15) is 0 Å². The fourth-order valence-corrected chi connectivity index (χ4v) is 5.70. The van der Waals surface area contributed by atoms with Crippen LogP contribution in [-0.2, 0) is 0 Å². The van der Waals surface area contributed by atoms with Gasteiger partial charge in [-0.05, 0) is 93.1 Å². The number of rotatable bonds is 5. The van der Waals surface area contributed by atoms with Gasteiger partial charge in [0, 0.05) is 35.8 Å². The Hall–Kier alpha value is -2.24. The largest absolute Gasteiger partial charge is 0.493 e. The summed E-state index contributed by atoms with van der Waals surface area (Å²) < 4.78 is 6.08. The fourth-order valence-electron chi connectivity index (χ4n) is 5.57. The predicted octanol–water partition coefficient (Wildman–Crippen LogP) is 5.61. The van der Waals surface area contributed by atoms with E-state index in [2.05, 4.69) is 22.3 Å². The van der Waals surface area contributed by atoms with E-state index < -0.39 is 0 Å². The summed E-state index contributed by atoms with van der Waals surface area (Å²) in [6, 6.07) is 16.6. The number of hydrogen-bond donors (Lipinski definition) is 1. The van der Waals surface area contributed by atoms with E-state index in [-0.39, 0.29) is 6.03 Å². The number of urea groups is 1. The van der Waals surface area contributed by atoms with Crippen molar-refractivity contribution in [2.45, 2.75) is 44.1 Å². The molecule has 170 valence electrons. The zero-order chi connectivity index (χ0) is 21.9. The maximum Gasteiger partial charge on any atom is 0.321 e. The van der Waals surface area contributed by atoms with Crippen molar-refractivity contribution >= 4 is 23.3 Å². The Morgan fingerprint density at radius 2 is 1.69 bits per heavy atom. The first-order valence-corrected chi connectivity index (χ1v) is 12.3. The lowest BCUT2D eigenvalue weighted by atomic mass is 9.89. The first-order valence-electron chi connectivity index (χ1n) is 11.9. The zero-order valence-electron chi connectivity index (χ0n) is 18.5. The van der Waals surface area contributed by atoms with E-state index in [1.54, 1.807) is 0 Å². The van der Waals surface area contributed by atoms with E-state index in [0.29, 0.717) is 11.8 Å². The molecule has 2 aromatic carbocycles. The quantitative estimate of drug-likeness (QED) is 0.639. The van der Waals surface area contributed by atoms with Crippen molar-refractivity contribution in [1.29, 1.82) is 0 Å². The van der Waals surface area contributed by atoms with Crippen LogP contribution in [0.1, 0.15) is 43.6 Å². The summed E-state index contributed by atoms with van der Waals surface area (Å²) in [5.74, 6) is 2.01. The molecule has 0 bridgehead atoms. The maximum atomic E-state index is 12.7. The van der Waals surface area contributed by atoms with Gasteiger partial charge in [0.15, 0.2) is 0 Å². The summed E-state index contributed by atoms with van der Waals surface area (Å²) in [4.78, 5) is 17.2. The third kappa shape index (κ3) is 4.89. The van der Waals surface area contributed by atoms with E-state index in [4.69, 9.17) is 16.3 Å². The standard InChI is InChI=1S/C26H32ClN3O2/c27-22-5-3-19(4-6-22)20-11-16-30(17-12-20)26(31)28-23-7-9-24(10-8-23)32-18-21-13-15-29-14-1-2-25(21)29/h3-10,20-21,25H,1-2,11-18H2,(H,28,31). The average Bonchev–Trinajstić information content (AvgIpc) is 3.44. The molecule has 1 N–H and O–H groups in total. The molecule has 5 nitrogen and oxygen atoms in total. The van der Waals surface area contributed by atoms with Crippen LogP contribution in [0.15, 0.2) is 48.5 Å². The molecule has 0 aromatic heterocycles. The minimum absolute atomic E-state index is 0.0273. The van der Waals surface area contributed by atoms with Gasteiger partial charge < -0.3 is 15.0 Å². The third-order valence-electron chi connectivity index (χ3n) is 7.44. The predicted molar refractivity (Wildman–Crippen MR) is 129 cm³/mol. The summed E-state index contributed by atoms with van der Waals surface area (Å²) in [6.07, 6.45) is 5.83. The van der Waals surface area contributed by atoms with Crippen LogP contribution in [0.5, 0.6) is 5.75 Å². The highest BCUT2D eigenvalue weighted by Gasteiger charge is 2.37. The number of hydrogen-bond acceptors (Lipinski definition) is 3. The number of nitrogens with one attached hydrogen (secondary N) is 1. The van der Waals surface area contributed by atoms with Gasteiger partial charge in [0.1, 0.15) is 5.75 Å². The molecule has 3 aliphatic heterocycles. The Morgan fingerprint density at radius 1 is 0.938 bits per heavy atom. The molecule has 2 aromatic rings. The zero-order valence-corrected chi connectivity index (χ0v) is 19.3. The number of halogens is 1. The molecule has 5 rings (SSSR count). The normalized spacial score (nSPS) is 23.8. The molecule has 0 aliphatic carbocycles. The Kier molecular flexibility index (Phi) is 6.56. The molecule has 0 radical (unpaired) electrons. The Labute approximate surface area is 195 Å². The van der Waals surface area contributed by atoms with E-state index in [1.807, 2.05) is 41.3 Å². The molecule has 0 saturated carbocycles. The van der Waals surface area contributed by atoms with E-state index in [1.165, 1.54) is 37.9 Å². The minimum Gasteiger partial charge on any atom is -0.493 e. The summed E-state index contributed by atoms with van der Waals surface area (Å²) >= 11 is 6.00. The highest BCUT2D eigenvalue weighted by atomic mass is 35.5. The topological polar surface area (TPSA) is 44.8 Å². The van der Waals surface area contributed by atoms with Crippen molar-refractivity contribution in [1.82, 2.24) is 9.80 Å². The second kappa shape index (κ2) is 9.72. The second-order valence-corrected chi connectivity index (χ2v) is 9.81. The molecular formula is C26H32ClN3O2. The maximum absolute atomic E-state index is 12.7. The lowest BCUT2D eigenvalue weighted by Crippen LogP contribution is -2.40. The van der Waals surface area contributed by atoms with Crippen LogP contribution < -0.4 is 10.1 Å². The first kappa shape index (κ1) is 21.6. The molecule has 3 fully saturated rings. The van der Waals surface area contributed by atoms with Crippen LogP contribution in [0.4, 0.5) is 10.5 Å². The molecule has 3 heterocycles. The Balaban J connectivity index is 1.08. The van der Waals surface area contributed by atoms with Crippen LogP contribution in [-0.4, -0.2) is 54.7 Å². The van der Waals surface area contributed by atoms with E-state index >= 15 is 0 Å². The van der Waals surface area contributed by atoms with E-state index in [9.17, 15) is 4.79 Å². The summed E-state index contributed by atoms with van der Waals surface area (Å²) in [6.45, 7) is 4.80. The van der Waals surface area contributed by atoms with Crippen LogP contribution >= 0.6 is 11.6 Å². The first-order chi connectivity index (χ1) is 15.7. The van der Waals surface area contributed by atoms with Gasteiger partial charge in [-0.3, -0.25) is 4.90 Å². The van der Waals surface area contributed by atoms with Gasteiger partial charge in [-0.1, -0.05) is 23.7 Å².